The van der Waals surface area contributed by atoms with Crippen LogP contribution in [0, 0.1) is 17.7 Å². The van der Waals surface area contributed by atoms with Gasteiger partial charge in [0.25, 0.3) is 5.91 Å². The number of halogens is 2. The Bertz CT molecular complexity index is 810. The molecule has 2 amide bonds. The van der Waals surface area contributed by atoms with Gasteiger partial charge in [0, 0.05) is 23.9 Å². The molecule has 0 bridgehead atoms. The van der Waals surface area contributed by atoms with Crippen LogP contribution >= 0.6 is 11.6 Å². The van der Waals surface area contributed by atoms with E-state index in [9.17, 15) is 14.0 Å². The monoisotopic (exact) mass is 362 g/mol. The molecular weight excluding hydrogens is 347 g/mol. The maximum absolute atomic E-state index is 13.8. The first-order valence-electron chi connectivity index (χ1n) is 7.72. The van der Waals surface area contributed by atoms with E-state index in [1.54, 1.807) is 0 Å². The number of rotatable bonds is 5. The normalized spacial score (nSPS) is 18.5. The second-order valence-corrected chi connectivity index (χ2v) is 6.21. The number of nitrogens with two attached hydrogens (primary N) is 1. The third-order valence-corrected chi connectivity index (χ3v) is 4.34. The molecule has 25 heavy (non-hydrogen) atoms. The van der Waals surface area contributed by atoms with Gasteiger partial charge in [-0.25, -0.2) is 9.37 Å². The number of aromatic nitrogens is 1. The molecule has 130 valence electrons. The molecule has 6 nitrogen and oxygen atoms in total. The zero-order chi connectivity index (χ0) is 18.0. The molecule has 3 rings (SSSR count). The van der Waals surface area contributed by atoms with Crippen LogP contribution in [0.15, 0.2) is 36.5 Å². The summed E-state index contributed by atoms with van der Waals surface area (Å²) in [4.78, 5) is 28.3. The van der Waals surface area contributed by atoms with Crippen molar-refractivity contribution in [3.8, 4) is 0 Å². The third-order valence-electron chi connectivity index (χ3n) is 4.02. The van der Waals surface area contributed by atoms with Gasteiger partial charge in [0.2, 0.25) is 5.91 Å². The summed E-state index contributed by atoms with van der Waals surface area (Å²) >= 11 is 5.88. The molecule has 0 aliphatic heterocycles. The van der Waals surface area contributed by atoms with E-state index in [-0.39, 0.29) is 28.3 Å². The fraction of sp³-hybridized carbons (Fsp3) is 0.235. The van der Waals surface area contributed by atoms with Crippen LogP contribution in [0.25, 0.3) is 0 Å². The van der Waals surface area contributed by atoms with Gasteiger partial charge in [0.15, 0.2) is 0 Å². The highest BCUT2D eigenvalue weighted by Gasteiger charge is 2.41. The molecule has 0 unspecified atom stereocenters. The quantitative estimate of drug-likeness (QED) is 0.761. The first kappa shape index (κ1) is 17.3. The second kappa shape index (κ2) is 7.16. The van der Waals surface area contributed by atoms with Gasteiger partial charge in [-0.15, -0.1) is 0 Å². The van der Waals surface area contributed by atoms with E-state index in [2.05, 4.69) is 15.6 Å². The summed E-state index contributed by atoms with van der Waals surface area (Å²) in [7, 11) is 0. The zero-order valence-electron chi connectivity index (χ0n) is 13.1. The summed E-state index contributed by atoms with van der Waals surface area (Å²) in [6.45, 7) is 0.477. The predicted octanol–water partition coefficient (Wildman–Crippen LogP) is 2.66. The van der Waals surface area contributed by atoms with Crippen molar-refractivity contribution in [1.29, 1.82) is 0 Å². The lowest BCUT2D eigenvalue weighted by Gasteiger charge is -2.09. The van der Waals surface area contributed by atoms with Crippen LogP contribution in [0.5, 0.6) is 0 Å². The number of pyridine rings is 1. The summed E-state index contributed by atoms with van der Waals surface area (Å²) in [5, 5.41) is 5.25. The van der Waals surface area contributed by atoms with Gasteiger partial charge in [-0.05, 0) is 37.1 Å². The number of carbonyl (C=O) groups is 2. The van der Waals surface area contributed by atoms with E-state index in [1.807, 2.05) is 0 Å². The van der Waals surface area contributed by atoms with E-state index in [0.29, 0.717) is 18.1 Å². The number of benzene rings is 1. The van der Waals surface area contributed by atoms with E-state index in [4.69, 9.17) is 17.3 Å². The van der Waals surface area contributed by atoms with E-state index in [1.165, 1.54) is 30.5 Å². The average Bonchev–Trinajstić information content (AvgIpc) is 3.35. The highest BCUT2D eigenvalue weighted by Crippen LogP contribution is 2.38. The van der Waals surface area contributed by atoms with Crippen molar-refractivity contribution < 1.29 is 14.0 Å². The highest BCUT2D eigenvalue weighted by atomic mass is 35.5. The topological polar surface area (TPSA) is 97.1 Å². The molecule has 1 aliphatic carbocycles. The van der Waals surface area contributed by atoms with Gasteiger partial charge in [-0.2, -0.15) is 0 Å². The molecular formula is C17H16ClFN4O2. The van der Waals surface area contributed by atoms with Crippen molar-refractivity contribution >= 4 is 34.9 Å². The largest absolute Gasteiger partial charge is 0.330 e. The Kier molecular flexibility index (Phi) is 4.96. The van der Waals surface area contributed by atoms with Crippen LogP contribution in [-0.4, -0.2) is 23.3 Å². The van der Waals surface area contributed by atoms with Crippen LogP contribution < -0.4 is 16.4 Å². The summed E-state index contributed by atoms with van der Waals surface area (Å²) < 4.78 is 13.8. The summed E-state index contributed by atoms with van der Waals surface area (Å²) in [5.41, 5.74) is 5.65. The molecule has 1 fully saturated rings. The molecule has 8 heteroatoms. The van der Waals surface area contributed by atoms with Crippen molar-refractivity contribution in [2.24, 2.45) is 17.6 Å². The SMILES string of the molecule is NC[C@H]1C[C@H]1C(=O)Nc1cc(NC(=O)c2c(F)cccc2Cl)ccn1. The maximum Gasteiger partial charge on any atom is 0.260 e. The fourth-order valence-electron chi connectivity index (χ4n) is 2.53. The molecule has 0 radical (unpaired) electrons. The van der Waals surface area contributed by atoms with Crippen molar-refractivity contribution in [1.82, 2.24) is 4.98 Å². The molecule has 0 saturated heterocycles. The lowest BCUT2D eigenvalue weighted by molar-refractivity contribution is -0.117. The number of nitrogens with zero attached hydrogens (tertiary/aromatic N) is 1. The average molecular weight is 363 g/mol. The zero-order valence-corrected chi connectivity index (χ0v) is 13.9. The molecule has 1 aliphatic rings. The summed E-state index contributed by atoms with van der Waals surface area (Å²) in [6.07, 6.45) is 2.20. The standard InChI is InChI=1S/C17H16ClFN4O2/c18-12-2-1-3-13(19)15(12)17(25)22-10-4-5-21-14(7-10)23-16(24)11-6-9(11)8-20/h1-5,7,9,11H,6,8,20H2,(H2,21,22,23,24,25)/t9-,11-/m1/s1. The predicted molar refractivity (Wildman–Crippen MR) is 92.9 cm³/mol. The lowest BCUT2D eigenvalue weighted by Crippen LogP contribution is -2.18. The first-order chi connectivity index (χ1) is 12.0. The van der Waals surface area contributed by atoms with E-state index >= 15 is 0 Å². The number of carbonyl (C=O) groups excluding carboxylic acids is 2. The second-order valence-electron chi connectivity index (χ2n) is 5.81. The summed E-state index contributed by atoms with van der Waals surface area (Å²) in [5.74, 6) is -1.13. The minimum absolute atomic E-state index is 0.0154. The van der Waals surface area contributed by atoms with E-state index < -0.39 is 11.7 Å². The van der Waals surface area contributed by atoms with Crippen LogP contribution in [0.1, 0.15) is 16.8 Å². The minimum Gasteiger partial charge on any atom is -0.330 e. The van der Waals surface area contributed by atoms with Crippen molar-refractivity contribution in [2.45, 2.75) is 6.42 Å². The molecule has 1 aromatic heterocycles. The number of anilines is 2. The first-order valence-corrected chi connectivity index (χ1v) is 8.09. The Labute approximate surface area is 148 Å². The Hall–Kier alpha value is -2.51. The molecule has 2 aromatic rings. The van der Waals surface area contributed by atoms with Gasteiger partial charge in [-0.1, -0.05) is 17.7 Å². The lowest BCUT2D eigenvalue weighted by atomic mass is 10.2. The van der Waals surface area contributed by atoms with Gasteiger partial charge in [0.05, 0.1) is 10.6 Å². The van der Waals surface area contributed by atoms with Crippen LogP contribution in [-0.2, 0) is 4.79 Å². The summed E-state index contributed by atoms with van der Waals surface area (Å²) in [6, 6.07) is 7.03. The van der Waals surface area contributed by atoms with Crippen molar-refractivity contribution in [3.05, 3.63) is 52.9 Å². The van der Waals surface area contributed by atoms with Crippen molar-refractivity contribution in [3.63, 3.8) is 0 Å². The van der Waals surface area contributed by atoms with Gasteiger partial charge >= 0.3 is 0 Å². The molecule has 1 saturated carbocycles. The molecule has 4 N–H and O–H groups in total. The number of hydrogen-bond acceptors (Lipinski definition) is 4. The molecule has 2 atom stereocenters. The third kappa shape index (κ3) is 3.94. The fourth-order valence-corrected chi connectivity index (χ4v) is 2.78. The van der Waals surface area contributed by atoms with Crippen LogP contribution in [0.2, 0.25) is 5.02 Å². The van der Waals surface area contributed by atoms with E-state index in [0.717, 1.165) is 12.5 Å². The molecule has 0 spiro atoms. The van der Waals surface area contributed by atoms with Gasteiger partial charge in [-0.3, -0.25) is 9.59 Å². The highest BCUT2D eigenvalue weighted by molar-refractivity contribution is 6.34. The maximum atomic E-state index is 13.8. The Morgan fingerprint density at radius 1 is 1.32 bits per heavy atom. The van der Waals surface area contributed by atoms with Gasteiger partial charge in [0.1, 0.15) is 11.6 Å². The number of nitrogens with one attached hydrogen (secondary N) is 2. The Balaban J connectivity index is 1.69. The number of hydrogen-bond donors (Lipinski definition) is 3. The minimum atomic E-state index is -0.714. The molecule has 1 aromatic carbocycles. The Morgan fingerprint density at radius 3 is 2.80 bits per heavy atom. The van der Waals surface area contributed by atoms with Crippen LogP contribution in [0.4, 0.5) is 15.9 Å². The Morgan fingerprint density at radius 2 is 2.12 bits per heavy atom. The molecule has 1 heterocycles. The van der Waals surface area contributed by atoms with Crippen molar-refractivity contribution in [2.75, 3.05) is 17.2 Å². The van der Waals surface area contributed by atoms with Crippen LogP contribution in [0.3, 0.4) is 0 Å². The van der Waals surface area contributed by atoms with Gasteiger partial charge < -0.3 is 16.4 Å². The smallest absolute Gasteiger partial charge is 0.260 e. The number of amides is 2.